The van der Waals surface area contributed by atoms with Gasteiger partial charge < -0.3 is 4.74 Å². The lowest BCUT2D eigenvalue weighted by Crippen LogP contribution is -2.55. The lowest BCUT2D eigenvalue weighted by molar-refractivity contribution is -0.118. The first kappa shape index (κ1) is 18.9. The summed E-state index contributed by atoms with van der Waals surface area (Å²) in [5.41, 5.74) is -0.568. The van der Waals surface area contributed by atoms with Gasteiger partial charge in [-0.15, -0.1) is 0 Å². The fraction of sp³-hybridized carbons (Fsp3) is 0.875. The molecule has 0 bridgehead atoms. The molecule has 0 aromatic carbocycles. The molecule has 0 heterocycles. The van der Waals surface area contributed by atoms with Crippen LogP contribution < -0.4 is 0 Å². The van der Waals surface area contributed by atoms with Crippen molar-refractivity contribution in [3.8, 4) is 0 Å². The summed E-state index contributed by atoms with van der Waals surface area (Å²) in [6.45, 7) is 14.2. The molecule has 4 heteroatoms. The number of amides is 1. The van der Waals surface area contributed by atoms with Crippen LogP contribution in [-0.4, -0.2) is 34.5 Å². The summed E-state index contributed by atoms with van der Waals surface area (Å²) in [6, 6.07) is 0. The predicted octanol–water partition coefficient (Wildman–Crippen LogP) is 4.17. The second-order valence-electron chi connectivity index (χ2n) is 7.14. The Hall–Kier alpha value is -1.06. The van der Waals surface area contributed by atoms with Crippen LogP contribution >= 0.6 is 0 Å². The van der Waals surface area contributed by atoms with Gasteiger partial charge in [0.25, 0.3) is 0 Å². The Labute approximate surface area is 123 Å². The van der Waals surface area contributed by atoms with Crippen LogP contribution in [0.5, 0.6) is 0 Å². The average molecular weight is 285 g/mol. The van der Waals surface area contributed by atoms with Crippen LogP contribution in [0.15, 0.2) is 0 Å². The molecule has 1 amide bonds. The maximum Gasteiger partial charge on any atom is 0.410 e. The zero-order valence-corrected chi connectivity index (χ0v) is 14.2. The van der Waals surface area contributed by atoms with E-state index in [-0.39, 0.29) is 23.0 Å². The van der Waals surface area contributed by atoms with Crippen molar-refractivity contribution in [3.63, 3.8) is 0 Å². The van der Waals surface area contributed by atoms with Gasteiger partial charge in [-0.25, -0.2) is 4.79 Å². The van der Waals surface area contributed by atoms with Crippen LogP contribution in [0.3, 0.4) is 0 Å². The van der Waals surface area contributed by atoms with Crippen molar-refractivity contribution < 1.29 is 14.3 Å². The van der Waals surface area contributed by atoms with Crippen LogP contribution in [0.25, 0.3) is 0 Å². The Morgan fingerprint density at radius 1 is 0.950 bits per heavy atom. The molecule has 0 aromatic rings. The van der Waals surface area contributed by atoms with E-state index in [0.717, 1.165) is 12.8 Å². The number of hydrogen-bond donors (Lipinski definition) is 0. The summed E-state index contributed by atoms with van der Waals surface area (Å²) in [4.78, 5) is 25.2. The Kier molecular flexibility index (Phi) is 7.25. The summed E-state index contributed by atoms with van der Waals surface area (Å²) < 4.78 is 5.35. The molecule has 0 saturated carbocycles. The summed E-state index contributed by atoms with van der Waals surface area (Å²) in [5, 5.41) is 0. The zero-order valence-electron chi connectivity index (χ0n) is 14.2. The number of nitrogens with zero attached hydrogens (tertiary/aromatic N) is 1. The molecule has 0 aliphatic carbocycles. The molecular formula is C16H31NO3. The van der Waals surface area contributed by atoms with Gasteiger partial charge in [0.05, 0.1) is 6.61 Å². The number of Topliss-reactive ketones (excluding diaryl/α,β-unsaturated/α-hetero) is 1. The molecule has 20 heavy (non-hydrogen) atoms. The van der Waals surface area contributed by atoms with Gasteiger partial charge in [-0.3, -0.25) is 9.69 Å². The van der Waals surface area contributed by atoms with E-state index in [1.165, 1.54) is 0 Å². The fourth-order valence-electron chi connectivity index (χ4n) is 2.38. The van der Waals surface area contributed by atoms with Gasteiger partial charge in [-0.05, 0) is 54.4 Å². The van der Waals surface area contributed by atoms with Crippen molar-refractivity contribution in [3.05, 3.63) is 0 Å². The number of carbonyl (C=O) groups excluding carboxylic acids is 2. The third kappa shape index (κ3) is 6.92. The molecule has 118 valence electrons. The largest absolute Gasteiger partial charge is 0.449 e. The van der Waals surface area contributed by atoms with Gasteiger partial charge in [-0.1, -0.05) is 6.92 Å². The Balaban J connectivity index is 4.27. The first-order chi connectivity index (χ1) is 9.00. The van der Waals surface area contributed by atoms with Gasteiger partial charge in [0.15, 0.2) is 0 Å². The number of hydrogen-bond acceptors (Lipinski definition) is 3. The minimum Gasteiger partial charge on any atom is -0.449 e. The maximum absolute atomic E-state index is 12.2. The van der Waals surface area contributed by atoms with E-state index in [1.807, 2.05) is 48.5 Å². The predicted molar refractivity (Wildman–Crippen MR) is 81.8 cm³/mol. The molecule has 0 aromatic heterocycles. The highest BCUT2D eigenvalue weighted by Crippen LogP contribution is 2.25. The summed E-state index contributed by atoms with van der Waals surface area (Å²) in [7, 11) is 0. The quantitative estimate of drug-likeness (QED) is 0.688. The van der Waals surface area contributed by atoms with Gasteiger partial charge in [0.1, 0.15) is 5.78 Å². The van der Waals surface area contributed by atoms with Gasteiger partial charge >= 0.3 is 6.09 Å². The topological polar surface area (TPSA) is 46.6 Å². The van der Waals surface area contributed by atoms with Crippen molar-refractivity contribution in [2.75, 3.05) is 6.61 Å². The monoisotopic (exact) mass is 285 g/mol. The first-order valence-electron chi connectivity index (χ1n) is 7.49. The van der Waals surface area contributed by atoms with Gasteiger partial charge in [0, 0.05) is 23.9 Å². The number of ketones is 1. The fourth-order valence-corrected chi connectivity index (χ4v) is 2.38. The van der Waals surface area contributed by atoms with Crippen LogP contribution in [0.1, 0.15) is 74.1 Å². The second-order valence-corrected chi connectivity index (χ2v) is 7.14. The number of rotatable bonds is 6. The molecular weight excluding hydrogens is 254 g/mol. The summed E-state index contributed by atoms with van der Waals surface area (Å²) >= 11 is 0. The van der Waals surface area contributed by atoms with Crippen LogP contribution in [-0.2, 0) is 9.53 Å². The van der Waals surface area contributed by atoms with Crippen LogP contribution in [0, 0.1) is 0 Å². The van der Waals surface area contributed by atoms with E-state index < -0.39 is 0 Å². The molecule has 0 unspecified atom stereocenters. The van der Waals surface area contributed by atoms with E-state index in [1.54, 1.807) is 4.90 Å². The molecule has 0 aliphatic heterocycles. The Morgan fingerprint density at radius 2 is 1.45 bits per heavy atom. The summed E-state index contributed by atoms with van der Waals surface area (Å²) in [5.74, 6) is 0.266. The first-order valence-corrected chi connectivity index (χ1v) is 7.49. The minimum atomic E-state index is -0.285. The lowest BCUT2D eigenvalue weighted by atomic mass is 9.97. The van der Waals surface area contributed by atoms with E-state index in [2.05, 4.69) is 0 Å². The van der Waals surface area contributed by atoms with Gasteiger partial charge in [0.2, 0.25) is 0 Å². The molecule has 0 aliphatic rings. The standard InChI is InChI=1S/C16H31NO3/c1-8-13(18)11-9-10-12-20-14(19)17(15(2,3)4)16(5,6)7/h8-12H2,1-7H3. The molecule has 0 spiro atoms. The number of ether oxygens (including phenoxy) is 1. The Bertz CT molecular complexity index is 310. The van der Waals surface area contributed by atoms with Crippen LogP contribution in [0.4, 0.5) is 4.79 Å². The van der Waals surface area contributed by atoms with Crippen molar-refractivity contribution in [2.24, 2.45) is 0 Å². The van der Waals surface area contributed by atoms with Crippen molar-refractivity contribution in [1.82, 2.24) is 4.90 Å². The molecule has 0 radical (unpaired) electrons. The van der Waals surface area contributed by atoms with Crippen molar-refractivity contribution >= 4 is 11.9 Å². The minimum absolute atomic E-state index is 0.266. The number of carbonyl (C=O) groups is 2. The van der Waals surface area contributed by atoms with E-state index >= 15 is 0 Å². The molecule has 0 N–H and O–H groups in total. The van der Waals surface area contributed by atoms with E-state index in [4.69, 9.17) is 4.74 Å². The van der Waals surface area contributed by atoms with Crippen molar-refractivity contribution in [2.45, 2.75) is 85.2 Å². The third-order valence-corrected chi connectivity index (χ3v) is 2.99. The highest BCUT2D eigenvalue weighted by atomic mass is 16.6. The number of unbranched alkanes of at least 4 members (excludes halogenated alkanes) is 1. The highest BCUT2D eigenvalue weighted by molar-refractivity contribution is 5.77. The van der Waals surface area contributed by atoms with Crippen LogP contribution in [0.2, 0.25) is 0 Å². The Morgan fingerprint density at radius 3 is 1.85 bits per heavy atom. The highest BCUT2D eigenvalue weighted by Gasteiger charge is 2.36. The smallest absolute Gasteiger partial charge is 0.410 e. The maximum atomic E-state index is 12.2. The SMILES string of the molecule is CCC(=O)CCCCOC(=O)N(C(C)(C)C)C(C)(C)C. The zero-order chi connectivity index (χ0) is 16.0. The summed E-state index contributed by atoms with van der Waals surface area (Å²) in [6.07, 6.45) is 2.40. The lowest BCUT2D eigenvalue weighted by Gasteiger charge is -2.44. The van der Waals surface area contributed by atoms with Crippen molar-refractivity contribution in [1.29, 1.82) is 0 Å². The van der Waals surface area contributed by atoms with E-state index in [0.29, 0.717) is 19.4 Å². The average Bonchev–Trinajstić information content (AvgIpc) is 2.24. The molecule has 0 atom stereocenters. The molecule has 0 fully saturated rings. The molecule has 0 saturated heterocycles. The normalized spacial score (nSPS) is 12.2. The second kappa shape index (κ2) is 7.65. The van der Waals surface area contributed by atoms with E-state index in [9.17, 15) is 9.59 Å². The molecule has 0 rings (SSSR count). The molecule has 4 nitrogen and oxygen atoms in total. The van der Waals surface area contributed by atoms with Gasteiger partial charge in [-0.2, -0.15) is 0 Å². The third-order valence-electron chi connectivity index (χ3n) is 2.99.